The summed E-state index contributed by atoms with van der Waals surface area (Å²) in [5.74, 6) is 2.61. The summed E-state index contributed by atoms with van der Waals surface area (Å²) in [6, 6.07) is 2.11. The van der Waals surface area contributed by atoms with Crippen LogP contribution in [0.4, 0.5) is 5.82 Å². The Morgan fingerprint density at radius 1 is 1.15 bits per heavy atom. The first-order chi connectivity index (χ1) is 12.4. The molecule has 2 aromatic rings. The van der Waals surface area contributed by atoms with Crippen molar-refractivity contribution >= 4 is 23.1 Å². The van der Waals surface area contributed by atoms with Gasteiger partial charge in [-0.25, -0.2) is 15.0 Å². The van der Waals surface area contributed by atoms with E-state index in [0.29, 0.717) is 17.8 Å². The Bertz CT molecular complexity index is 819. The van der Waals surface area contributed by atoms with Crippen LogP contribution in [0, 0.1) is 25.7 Å². The molecule has 2 atom stereocenters. The summed E-state index contributed by atoms with van der Waals surface area (Å²) >= 11 is 1.51. The minimum absolute atomic E-state index is 0.151. The Morgan fingerprint density at radius 2 is 1.85 bits per heavy atom. The third-order valence-electron chi connectivity index (χ3n) is 5.46. The minimum atomic E-state index is 0.151. The number of aryl methyl sites for hydroxylation is 2. The predicted octanol–water partition coefficient (Wildman–Crippen LogP) is 2.88. The molecule has 2 aromatic heterocycles. The number of thiazole rings is 1. The quantitative estimate of drug-likeness (QED) is 0.830. The van der Waals surface area contributed by atoms with Crippen molar-refractivity contribution in [2.24, 2.45) is 11.8 Å². The number of amides is 1. The van der Waals surface area contributed by atoms with E-state index in [-0.39, 0.29) is 5.91 Å². The van der Waals surface area contributed by atoms with E-state index in [1.54, 1.807) is 6.33 Å². The van der Waals surface area contributed by atoms with E-state index in [1.807, 2.05) is 18.7 Å². The minimum Gasteiger partial charge on any atom is -0.356 e. The average Bonchev–Trinajstić information content (AvgIpc) is 3.26. The van der Waals surface area contributed by atoms with Gasteiger partial charge in [-0.2, -0.15) is 0 Å². The third-order valence-corrected chi connectivity index (χ3v) is 6.52. The van der Waals surface area contributed by atoms with Crippen LogP contribution in [-0.4, -0.2) is 51.9 Å². The molecule has 1 amide bonds. The van der Waals surface area contributed by atoms with Crippen LogP contribution in [0.25, 0.3) is 0 Å². The van der Waals surface area contributed by atoms with Gasteiger partial charge in [-0.3, -0.25) is 4.79 Å². The summed E-state index contributed by atoms with van der Waals surface area (Å²) in [5, 5.41) is 0.959. The van der Waals surface area contributed by atoms with Crippen LogP contribution in [0.3, 0.4) is 0 Å². The Hall–Kier alpha value is -2.02. The largest absolute Gasteiger partial charge is 0.356 e. The number of hydrogen-bond donors (Lipinski definition) is 0. The molecular formula is C19H25N5OS. The lowest BCUT2D eigenvalue weighted by atomic mass is 10.0. The van der Waals surface area contributed by atoms with Crippen molar-refractivity contribution in [2.75, 3.05) is 31.1 Å². The standard InChI is InChI=1S/C19H25N5OS/c1-11(2)16-5-17(21-10-20-16)23-6-14-8-24(9-15(14)7-23)19(25)18-12(3)22-13(4)26-18/h5,10-11,14-15H,6-9H2,1-4H3. The Labute approximate surface area is 158 Å². The van der Waals surface area contributed by atoms with Crippen molar-refractivity contribution < 1.29 is 4.79 Å². The van der Waals surface area contributed by atoms with E-state index < -0.39 is 0 Å². The number of aromatic nitrogens is 3. The van der Waals surface area contributed by atoms with Gasteiger partial charge in [0.05, 0.1) is 10.7 Å². The van der Waals surface area contributed by atoms with Gasteiger partial charge in [0.1, 0.15) is 17.0 Å². The molecule has 4 rings (SSSR count). The van der Waals surface area contributed by atoms with E-state index >= 15 is 0 Å². The molecule has 7 heteroatoms. The van der Waals surface area contributed by atoms with Gasteiger partial charge >= 0.3 is 0 Å². The van der Waals surface area contributed by atoms with Gasteiger partial charge in [0, 0.05) is 49.8 Å². The van der Waals surface area contributed by atoms with Gasteiger partial charge in [-0.15, -0.1) is 11.3 Å². The number of nitrogens with zero attached hydrogens (tertiary/aromatic N) is 5. The highest BCUT2D eigenvalue weighted by molar-refractivity contribution is 7.13. The van der Waals surface area contributed by atoms with E-state index in [0.717, 1.165) is 53.3 Å². The number of rotatable bonds is 3. The van der Waals surface area contributed by atoms with Crippen LogP contribution in [0.15, 0.2) is 12.4 Å². The van der Waals surface area contributed by atoms with Crippen LogP contribution >= 0.6 is 11.3 Å². The highest BCUT2D eigenvalue weighted by atomic mass is 32.1. The maximum absolute atomic E-state index is 12.8. The van der Waals surface area contributed by atoms with E-state index in [9.17, 15) is 4.79 Å². The van der Waals surface area contributed by atoms with Crippen molar-refractivity contribution in [3.8, 4) is 0 Å². The SMILES string of the molecule is Cc1nc(C)c(C(=O)N2CC3CN(c4cc(C(C)C)ncn4)CC3C2)s1. The summed E-state index contributed by atoms with van der Waals surface area (Å²) in [7, 11) is 0. The van der Waals surface area contributed by atoms with Crippen molar-refractivity contribution in [3.05, 3.63) is 33.7 Å². The second-order valence-corrected chi connectivity index (χ2v) is 8.94. The first-order valence-corrected chi connectivity index (χ1v) is 10.0. The van der Waals surface area contributed by atoms with Gasteiger partial charge < -0.3 is 9.80 Å². The van der Waals surface area contributed by atoms with E-state index in [1.165, 1.54) is 11.3 Å². The van der Waals surface area contributed by atoms with Gasteiger partial charge in [-0.05, 0) is 19.8 Å². The van der Waals surface area contributed by atoms with Gasteiger partial charge in [0.2, 0.25) is 0 Å². The normalized spacial score (nSPS) is 22.3. The number of likely N-dealkylation sites (tertiary alicyclic amines) is 1. The molecule has 0 saturated carbocycles. The molecule has 4 heterocycles. The Balaban J connectivity index is 1.43. The molecule has 2 saturated heterocycles. The van der Waals surface area contributed by atoms with Crippen molar-refractivity contribution in [1.29, 1.82) is 0 Å². The summed E-state index contributed by atoms with van der Waals surface area (Å²) in [6.07, 6.45) is 1.67. The molecule has 2 unspecified atom stereocenters. The lowest BCUT2D eigenvalue weighted by Gasteiger charge is -2.22. The topological polar surface area (TPSA) is 62.2 Å². The molecule has 26 heavy (non-hydrogen) atoms. The van der Waals surface area contributed by atoms with Crippen LogP contribution in [-0.2, 0) is 0 Å². The lowest BCUT2D eigenvalue weighted by molar-refractivity contribution is 0.0786. The fraction of sp³-hybridized carbons (Fsp3) is 0.579. The molecule has 0 aliphatic carbocycles. The van der Waals surface area contributed by atoms with Crippen molar-refractivity contribution in [1.82, 2.24) is 19.9 Å². The summed E-state index contributed by atoms with van der Waals surface area (Å²) in [6.45, 7) is 11.8. The number of hydrogen-bond acceptors (Lipinski definition) is 6. The summed E-state index contributed by atoms with van der Waals surface area (Å²) in [4.78, 5) is 31.3. The molecule has 6 nitrogen and oxygen atoms in total. The molecule has 0 N–H and O–H groups in total. The highest BCUT2D eigenvalue weighted by Crippen LogP contribution is 2.35. The molecule has 0 aromatic carbocycles. The van der Waals surface area contributed by atoms with Gasteiger partial charge in [0.15, 0.2) is 0 Å². The molecule has 138 valence electrons. The summed E-state index contributed by atoms with van der Waals surface area (Å²) in [5.41, 5.74) is 1.94. The smallest absolute Gasteiger partial charge is 0.265 e. The molecule has 2 fully saturated rings. The molecular weight excluding hydrogens is 346 g/mol. The molecule has 2 aliphatic rings. The van der Waals surface area contributed by atoms with Crippen molar-refractivity contribution in [2.45, 2.75) is 33.6 Å². The second kappa shape index (κ2) is 6.61. The zero-order chi connectivity index (χ0) is 18.4. The highest BCUT2D eigenvalue weighted by Gasteiger charge is 2.42. The fourth-order valence-electron chi connectivity index (χ4n) is 4.07. The van der Waals surface area contributed by atoms with Crippen molar-refractivity contribution in [3.63, 3.8) is 0 Å². The van der Waals surface area contributed by atoms with Gasteiger partial charge in [-0.1, -0.05) is 13.8 Å². The van der Waals surface area contributed by atoms with Crippen LogP contribution in [0.2, 0.25) is 0 Å². The maximum Gasteiger partial charge on any atom is 0.265 e. The summed E-state index contributed by atoms with van der Waals surface area (Å²) < 4.78 is 0. The maximum atomic E-state index is 12.8. The first-order valence-electron chi connectivity index (χ1n) is 9.22. The van der Waals surface area contributed by atoms with Crippen LogP contribution in [0.5, 0.6) is 0 Å². The molecule has 0 bridgehead atoms. The van der Waals surface area contributed by atoms with Gasteiger partial charge in [0.25, 0.3) is 5.91 Å². The van der Waals surface area contributed by atoms with Crippen LogP contribution < -0.4 is 4.90 Å². The average molecular weight is 372 g/mol. The zero-order valence-electron chi connectivity index (χ0n) is 15.8. The Kier molecular flexibility index (Phi) is 4.42. The number of carbonyl (C=O) groups excluding carboxylic acids is 1. The second-order valence-electron chi connectivity index (χ2n) is 7.74. The molecule has 0 spiro atoms. The van der Waals surface area contributed by atoms with Crippen LogP contribution in [0.1, 0.15) is 45.8 Å². The molecule has 0 radical (unpaired) electrons. The van der Waals surface area contributed by atoms with E-state index in [2.05, 4.69) is 39.8 Å². The zero-order valence-corrected chi connectivity index (χ0v) is 16.6. The third kappa shape index (κ3) is 3.09. The number of anilines is 1. The Morgan fingerprint density at radius 3 is 2.42 bits per heavy atom. The monoisotopic (exact) mass is 371 g/mol. The molecule has 2 aliphatic heterocycles. The fourth-order valence-corrected chi connectivity index (χ4v) is 4.96. The number of carbonyl (C=O) groups is 1. The predicted molar refractivity (Wildman–Crippen MR) is 103 cm³/mol. The van der Waals surface area contributed by atoms with E-state index in [4.69, 9.17) is 0 Å². The number of fused-ring (bicyclic) bond motifs is 1. The first kappa shape index (κ1) is 17.4. The lowest BCUT2D eigenvalue weighted by Crippen LogP contribution is -2.33.